The van der Waals surface area contributed by atoms with Gasteiger partial charge in [0.2, 0.25) is 5.82 Å². The van der Waals surface area contributed by atoms with Gasteiger partial charge in [-0.2, -0.15) is 13.2 Å². The molecule has 0 aliphatic heterocycles. The molecule has 22 heavy (non-hydrogen) atoms. The lowest BCUT2D eigenvalue weighted by atomic mass is 9.85. The Morgan fingerprint density at radius 1 is 1.00 bits per heavy atom. The van der Waals surface area contributed by atoms with Gasteiger partial charge in [0.15, 0.2) is 0 Å². The van der Waals surface area contributed by atoms with Crippen LogP contribution in [0.2, 0.25) is 0 Å². The zero-order chi connectivity index (χ0) is 16.5. The zero-order valence-electron chi connectivity index (χ0n) is 12.8. The molecular weight excluding hydrogens is 293 g/mol. The molecule has 1 aromatic heterocycles. The van der Waals surface area contributed by atoms with Crippen LogP contribution in [0.4, 0.5) is 13.2 Å². The fourth-order valence-corrected chi connectivity index (χ4v) is 2.01. The molecule has 2 aromatic rings. The maximum Gasteiger partial charge on any atom is 0.451 e. The predicted molar refractivity (Wildman–Crippen MR) is 77.7 cm³/mol. The third-order valence-electron chi connectivity index (χ3n) is 3.28. The number of nitrogens with zero attached hydrogens (tertiary/aromatic N) is 2. The second-order valence-corrected chi connectivity index (χ2v) is 5.96. The summed E-state index contributed by atoms with van der Waals surface area (Å²) < 4.78 is 42.9. The van der Waals surface area contributed by atoms with Crippen molar-refractivity contribution in [1.29, 1.82) is 0 Å². The van der Waals surface area contributed by atoms with Gasteiger partial charge in [0, 0.05) is 23.5 Å². The molecule has 118 valence electrons. The molecule has 0 radical (unpaired) electrons. The van der Waals surface area contributed by atoms with Gasteiger partial charge in [-0.15, -0.1) is 0 Å². The standard InChI is InChI=1S/C16H17F3N2O/c1-15(2,3)11-5-6-13(22-4)12(7-11)10-8-20-14(21-9-10)16(17,18)19/h5-9H,1-4H3. The van der Waals surface area contributed by atoms with Crippen LogP contribution in [0.15, 0.2) is 30.6 Å². The molecule has 3 nitrogen and oxygen atoms in total. The molecule has 0 fully saturated rings. The average Bonchev–Trinajstić information content (AvgIpc) is 2.45. The van der Waals surface area contributed by atoms with Gasteiger partial charge in [-0.25, -0.2) is 9.97 Å². The Labute approximate surface area is 127 Å². The second kappa shape index (κ2) is 5.59. The van der Waals surface area contributed by atoms with Crippen LogP contribution in [0.3, 0.4) is 0 Å². The largest absolute Gasteiger partial charge is 0.496 e. The molecular formula is C16H17F3N2O. The zero-order valence-corrected chi connectivity index (χ0v) is 12.8. The number of benzene rings is 1. The molecule has 0 atom stereocenters. The van der Waals surface area contributed by atoms with Gasteiger partial charge in [0.1, 0.15) is 5.75 Å². The molecule has 0 spiro atoms. The smallest absolute Gasteiger partial charge is 0.451 e. The monoisotopic (exact) mass is 310 g/mol. The first kappa shape index (κ1) is 16.3. The molecule has 0 unspecified atom stereocenters. The van der Waals surface area contributed by atoms with E-state index in [1.54, 1.807) is 6.07 Å². The third kappa shape index (κ3) is 3.37. The number of hydrogen-bond donors (Lipinski definition) is 0. The van der Waals surface area contributed by atoms with E-state index in [4.69, 9.17) is 4.74 Å². The Morgan fingerprint density at radius 2 is 1.59 bits per heavy atom. The minimum absolute atomic E-state index is 0.0895. The maximum absolute atomic E-state index is 12.5. The van der Waals surface area contributed by atoms with Crippen molar-refractivity contribution in [3.8, 4) is 16.9 Å². The normalized spacial score (nSPS) is 12.3. The highest BCUT2D eigenvalue weighted by molar-refractivity contribution is 5.70. The van der Waals surface area contributed by atoms with Gasteiger partial charge >= 0.3 is 6.18 Å². The van der Waals surface area contributed by atoms with E-state index in [2.05, 4.69) is 30.7 Å². The van der Waals surface area contributed by atoms with Crippen molar-refractivity contribution >= 4 is 0 Å². The summed E-state index contributed by atoms with van der Waals surface area (Å²) in [6.45, 7) is 6.17. The van der Waals surface area contributed by atoms with E-state index in [1.165, 1.54) is 19.5 Å². The summed E-state index contributed by atoms with van der Waals surface area (Å²) in [5.41, 5.74) is 2.11. The Bertz CT molecular complexity index is 659. The van der Waals surface area contributed by atoms with Gasteiger partial charge in [0.05, 0.1) is 7.11 Å². The van der Waals surface area contributed by atoms with Gasteiger partial charge in [-0.1, -0.05) is 26.8 Å². The van der Waals surface area contributed by atoms with Crippen molar-refractivity contribution in [1.82, 2.24) is 9.97 Å². The molecule has 6 heteroatoms. The highest BCUT2D eigenvalue weighted by Gasteiger charge is 2.34. The molecule has 2 rings (SSSR count). The quantitative estimate of drug-likeness (QED) is 0.821. The van der Waals surface area contributed by atoms with E-state index in [0.717, 1.165) is 5.56 Å². The summed E-state index contributed by atoms with van der Waals surface area (Å²) in [6, 6.07) is 5.63. The summed E-state index contributed by atoms with van der Waals surface area (Å²) in [7, 11) is 1.51. The Hall–Kier alpha value is -2.11. The molecule has 0 saturated heterocycles. The van der Waals surface area contributed by atoms with Crippen LogP contribution >= 0.6 is 0 Å². The summed E-state index contributed by atoms with van der Waals surface area (Å²) in [5.74, 6) is -0.585. The topological polar surface area (TPSA) is 35.0 Å². The van der Waals surface area contributed by atoms with Crippen LogP contribution in [0, 0.1) is 0 Å². The van der Waals surface area contributed by atoms with Crippen LogP contribution in [-0.4, -0.2) is 17.1 Å². The van der Waals surface area contributed by atoms with Gasteiger partial charge in [-0.3, -0.25) is 0 Å². The number of aromatic nitrogens is 2. The summed E-state index contributed by atoms with van der Waals surface area (Å²) in [6.07, 6.45) is -2.21. The molecule has 0 N–H and O–H groups in total. The first-order valence-electron chi connectivity index (χ1n) is 6.71. The fourth-order valence-electron chi connectivity index (χ4n) is 2.01. The van der Waals surface area contributed by atoms with E-state index >= 15 is 0 Å². The minimum atomic E-state index is -4.55. The predicted octanol–water partition coefficient (Wildman–Crippen LogP) is 4.47. The lowest BCUT2D eigenvalue weighted by Gasteiger charge is -2.21. The number of methoxy groups -OCH3 is 1. The van der Waals surface area contributed by atoms with Crippen molar-refractivity contribution in [2.45, 2.75) is 32.4 Å². The van der Waals surface area contributed by atoms with E-state index < -0.39 is 12.0 Å². The van der Waals surface area contributed by atoms with Crippen molar-refractivity contribution in [2.24, 2.45) is 0 Å². The molecule has 0 aliphatic carbocycles. The highest BCUT2D eigenvalue weighted by Crippen LogP contribution is 2.35. The maximum atomic E-state index is 12.5. The first-order chi connectivity index (χ1) is 10.1. The Balaban J connectivity index is 2.51. The van der Waals surface area contributed by atoms with E-state index in [0.29, 0.717) is 16.9 Å². The molecule has 0 bridgehead atoms. The van der Waals surface area contributed by atoms with Gasteiger partial charge in [0.25, 0.3) is 0 Å². The molecule has 0 aliphatic rings. The van der Waals surface area contributed by atoms with Crippen LogP contribution in [-0.2, 0) is 11.6 Å². The summed E-state index contributed by atoms with van der Waals surface area (Å²) >= 11 is 0. The van der Waals surface area contributed by atoms with Crippen molar-refractivity contribution in [2.75, 3.05) is 7.11 Å². The van der Waals surface area contributed by atoms with Crippen LogP contribution in [0.5, 0.6) is 5.75 Å². The fraction of sp³-hybridized carbons (Fsp3) is 0.375. The highest BCUT2D eigenvalue weighted by atomic mass is 19.4. The van der Waals surface area contributed by atoms with E-state index in [-0.39, 0.29) is 5.41 Å². The van der Waals surface area contributed by atoms with E-state index in [9.17, 15) is 13.2 Å². The van der Waals surface area contributed by atoms with Crippen molar-refractivity contribution in [3.63, 3.8) is 0 Å². The second-order valence-electron chi connectivity index (χ2n) is 5.96. The first-order valence-corrected chi connectivity index (χ1v) is 6.71. The van der Waals surface area contributed by atoms with Gasteiger partial charge in [-0.05, 0) is 23.1 Å². The summed E-state index contributed by atoms with van der Waals surface area (Å²) in [5, 5.41) is 0. The van der Waals surface area contributed by atoms with Crippen LogP contribution in [0.1, 0.15) is 32.2 Å². The van der Waals surface area contributed by atoms with Gasteiger partial charge < -0.3 is 4.74 Å². The molecule has 0 amide bonds. The minimum Gasteiger partial charge on any atom is -0.496 e. The summed E-state index contributed by atoms with van der Waals surface area (Å²) in [4.78, 5) is 6.80. The number of rotatable bonds is 2. The van der Waals surface area contributed by atoms with E-state index in [1.807, 2.05) is 12.1 Å². The Morgan fingerprint density at radius 3 is 2.05 bits per heavy atom. The SMILES string of the molecule is COc1ccc(C(C)(C)C)cc1-c1cnc(C(F)(F)F)nc1. The van der Waals surface area contributed by atoms with Crippen molar-refractivity contribution in [3.05, 3.63) is 42.0 Å². The lowest BCUT2D eigenvalue weighted by Crippen LogP contribution is -2.12. The molecule has 1 heterocycles. The Kier molecular flexibility index (Phi) is 4.13. The van der Waals surface area contributed by atoms with Crippen LogP contribution < -0.4 is 4.74 Å². The number of halogens is 3. The average molecular weight is 310 g/mol. The number of ether oxygens (including phenoxy) is 1. The van der Waals surface area contributed by atoms with Crippen LogP contribution in [0.25, 0.3) is 11.1 Å². The molecule has 1 aromatic carbocycles. The van der Waals surface area contributed by atoms with Crippen molar-refractivity contribution < 1.29 is 17.9 Å². The number of alkyl halides is 3. The number of hydrogen-bond acceptors (Lipinski definition) is 3. The lowest BCUT2D eigenvalue weighted by molar-refractivity contribution is -0.144. The third-order valence-corrected chi connectivity index (χ3v) is 3.28. The molecule has 0 saturated carbocycles.